The molecule has 5 nitrogen and oxygen atoms in total. The average molecular weight is 182 g/mol. The van der Waals surface area contributed by atoms with Crippen LogP contribution in [0, 0.1) is 0 Å². The van der Waals surface area contributed by atoms with E-state index in [9.17, 15) is 0 Å². The summed E-state index contributed by atoms with van der Waals surface area (Å²) >= 11 is 0. The molecule has 0 amide bonds. The van der Waals surface area contributed by atoms with Crippen LogP contribution in [0.1, 0.15) is 13.8 Å². The van der Waals surface area contributed by atoms with Gasteiger partial charge in [0.05, 0.1) is 12.2 Å². The fourth-order valence-corrected chi connectivity index (χ4v) is 1.17. The lowest BCUT2D eigenvalue weighted by Gasteiger charge is -2.21. The Hall–Kier alpha value is 0.0169. The second-order valence-corrected chi connectivity index (χ2v) is 4.06. The zero-order valence-corrected chi connectivity index (χ0v) is 7.81. The molecule has 0 bridgehead atoms. The number of rotatable bonds is 4. The third kappa shape index (κ3) is 4.46. The van der Waals surface area contributed by atoms with Crippen LogP contribution < -0.4 is 0 Å². The third-order valence-electron chi connectivity index (χ3n) is 1.28. The van der Waals surface area contributed by atoms with Crippen LogP contribution >= 0.6 is 0 Å². The van der Waals surface area contributed by atoms with E-state index in [2.05, 4.69) is 8.85 Å². The number of aliphatic hydroxyl groups is 1. The summed E-state index contributed by atoms with van der Waals surface area (Å²) in [5, 5.41) is 8.90. The first-order valence-corrected chi connectivity index (χ1v) is 4.96. The van der Waals surface area contributed by atoms with Crippen LogP contribution in [0.4, 0.5) is 0 Å². The van der Waals surface area contributed by atoms with Gasteiger partial charge in [-0.25, -0.2) is 0 Å². The molecule has 0 heterocycles. The molecule has 0 rings (SSSR count). The van der Waals surface area contributed by atoms with E-state index in [1.807, 2.05) is 0 Å². The Morgan fingerprint density at radius 3 is 2.00 bits per heavy atom. The minimum Gasteiger partial charge on any atom is -0.391 e. The molecule has 2 atom stereocenters. The van der Waals surface area contributed by atoms with Gasteiger partial charge in [0.15, 0.2) is 0 Å². The van der Waals surface area contributed by atoms with Crippen molar-refractivity contribution in [2.24, 2.45) is 0 Å². The Labute approximate surface area is 66.7 Å². The van der Waals surface area contributed by atoms with Crippen LogP contribution in [-0.4, -0.2) is 43.1 Å². The highest BCUT2D eigenvalue weighted by molar-refractivity contribution is 6.50. The van der Waals surface area contributed by atoms with Crippen molar-refractivity contribution in [1.29, 1.82) is 0 Å². The largest absolute Gasteiger partial charge is 0.674 e. The van der Waals surface area contributed by atoms with E-state index in [-0.39, 0.29) is 0 Å². The lowest BCUT2D eigenvalue weighted by Crippen LogP contribution is -2.46. The molecular weight excluding hydrogens is 168 g/mol. The summed E-state index contributed by atoms with van der Waals surface area (Å²) in [7, 11) is -2.82. The molecule has 0 spiro atoms. The monoisotopic (exact) mass is 182 g/mol. The van der Waals surface area contributed by atoms with Crippen molar-refractivity contribution in [1.82, 2.24) is 0 Å². The minimum atomic E-state index is -3.96. The van der Waals surface area contributed by atoms with Gasteiger partial charge in [0.2, 0.25) is 0 Å². The molecule has 0 aromatic heterocycles. The maximum atomic E-state index is 8.90. The Kier molecular flexibility index (Phi) is 4.15. The van der Waals surface area contributed by atoms with E-state index in [4.69, 9.17) is 14.7 Å². The molecule has 0 aromatic rings. The molecule has 0 aromatic carbocycles. The van der Waals surface area contributed by atoms with E-state index < -0.39 is 21.3 Å². The van der Waals surface area contributed by atoms with Crippen molar-refractivity contribution in [3.05, 3.63) is 0 Å². The van der Waals surface area contributed by atoms with Crippen LogP contribution in [0.2, 0.25) is 0 Å². The van der Waals surface area contributed by atoms with Crippen molar-refractivity contribution in [2.75, 3.05) is 7.11 Å². The molecule has 0 saturated heterocycles. The van der Waals surface area contributed by atoms with Gasteiger partial charge >= 0.3 is 9.05 Å². The molecule has 6 heteroatoms. The van der Waals surface area contributed by atoms with Crippen molar-refractivity contribution in [3.8, 4) is 0 Å². The normalized spacial score (nSPS) is 18.0. The fourth-order valence-electron chi connectivity index (χ4n) is 0.389. The highest BCUT2D eigenvalue weighted by atomic mass is 28.4. The first-order chi connectivity index (χ1) is 4.89. The van der Waals surface area contributed by atoms with E-state index in [0.29, 0.717) is 0 Å². The summed E-state index contributed by atoms with van der Waals surface area (Å²) in [5.74, 6) is 0. The summed E-state index contributed by atoms with van der Waals surface area (Å²) in [4.78, 5) is 17.8. The SMILES string of the molecule is CO[Si](O)(O)OC(C)C(C)O. The smallest absolute Gasteiger partial charge is 0.391 e. The Balaban J connectivity index is 3.83. The van der Waals surface area contributed by atoms with Crippen LogP contribution in [0.15, 0.2) is 0 Å². The van der Waals surface area contributed by atoms with Gasteiger partial charge in [-0.2, -0.15) is 0 Å². The molecule has 0 aliphatic carbocycles. The molecule has 68 valence electrons. The van der Waals surface area contributed by atoms with Crippen LogP contribution in [0.5, 0.6) is 0 Å². The topological polar surface area (TPSA) is 79.2 Å². The van der Waals surface area contributed by atoms with Gasteiger partial charge in [0.25, 0.3) is 0 Å². The predicted octanol–water partition coefficient (Wildman–Crippen LogP) is -1.16. The lowest BCUT2D eigenvalue weighted by atomic mass is 10.3. The van der Waals surface area contributed by atoms with Gasteiger partial charge in [0, 0.05) is 7.11 Å². The van der Waals surface area contributed by atoms with Gasteiger partial charge in [-0.15, -0.1) is 0 Å². The highest BCUT2D eigenvalue weighted by Gasteiger charge is 2.37. The Morgan fingerprint density at radius 2 is 1.73 bits per heavy atom. The Bertz CT molecular complexity index is 115. The number of hydrogen-bond acceptors (Lipinski definition) is 5. The van der Waals surface area contributed by atoms with Crippen molar-refractivity contribution >= 4 is 9.05 Å². The first-order valence-electron chi connectivity index (χ1n) is 3.25. The molecule has 3 N–H and O–H groups in total. The summed E-state index contributed by atoms with van der Waals surface area (Å²) in [5.41, 5.74) is 0. The van der Waals surface area contributed by atoms with Crippen LogP contribution in [-0.2, 0) is 8.85 Å². The fraction of sp³-hybridized carbons (Fsp3) is 1.00. The van der Waals surface area contributed by atoms with Gasteiger partial charge in [-0.05, 0) is 13.8 Å². The van der Waals surface area contributed by atoms with E-state index >= 15 is 0 Å². The Morgan fingerprint density at radius 1 is 1.27 bits per heavy atom. The molecule has 0 aliphatic rings. The number of aliphatic hydroxyl groups excluding tert-OH is 1. The third-order valence-corrected chi connectivity index (χ3v) is 2.50. The van der Waals surface area contributed by atoms with Crippen molar-refractivity contribution in [2.45, 2.75) is 26.1 Å². The van der Waals surface area contributed by atoms with Gasteiger partial charge in [0.1, 0.15) is 0 Å². The van der Waals surface area contributed by atoms with E-state index in [1.54, 1.807) is 0 Å². The van der Waals surface area contributed by atoms with Crippen molar-refractivity contribution < 1.29 is 23.5 Å². The van der Waals surface area contributed by atoms with Crippen LogP contribution in [0.3, 0.4) is 0 Å². The zero-order chi connectivity index (χ0) is 9.07. The second-order valence-electron chi connectivity index (χ2n) is 2.32. The quantitative estimate of drug-likeness (QED) is 0.478. The lowest BCUT2D eigenvalue weighted by molar-refractivity contribution is -0.0319. The standard InChI is InChI=1S/C5H14O5Si/c1-4(6)5(2)10-11(7,8)9-3/h4-8H,1-3H3. The molecule has 0 saturated carbocycles. The van der Waals surface area contributed by atoms with Gasteiger partial charge in [-0.1, -0.05) is 0 Å². The second kappa shape index (κ2) is 4.15. The molecule has 0 radical (unpaired) electrons. The maximum absolute atomic E-state index is 8.90. The number of hydrogen-bond donors (Lipinski definition) is 3. The van der Waals surface area contributed by atoms with E-state index in [1.165, 1.54) is 13.8 Å². The molecule has 2 unspecified atom stereocenters. The van der Waals surface area contributed by atoms with Crippen molar-refractivity contribution in [3.63, 3.8) is 0 Å². The first kappa shape index (κ1) is 11.0. The van der Waals surface area contributed by atoms with Gasteiger partial charge in [-0.3, -0.25) is 0 Å². The molecule has 11 heavy (non-hydrogen) atoms. The average Bonchev–Trinajstić information content (AvgIpc) is 1.87. The molecule has 0 fully saturated rings. The summed E-state index contributed by atoms with van der Waals surface area (Å²) in [6.45, 7) is 3.02. The summed E-state index contributed by atoms with van der Waals surface area (Å²) < 4.78 is 8.90. The van der Waals surface area contributed by atoms with Crippen LogP contribution in [0.25, 0.3) is 0 Å². The summed E-state index contributed by atoms with van der Waals surface area (Å²) in [6, 6.07) is 0. The predicted molar refractivity (Wildman–Crippen MR) is 39.4 cm³/mol. The van der Waals surface area contributed by atoms with E-state index in [0.717, 1.165) is 7.11 Å². The van der Waals surface area contributed by atoms with Gasteiger partial charge < -0.3 is 23.5 Å². The molecule has 0 aliphatic heterocycles. The minimum absolute atomic E-state index is 0.642. The zero-order valence-electron chi connectivity index (χ0n) is 6.81. The molecular formula is C5H14O5Si. The maximum Gasteiger partial charge on any atom is 0.674 e. The highest BCUT2D eigenvalue weighted by Crippen LogP contribution is 2.05. The summed E-state index contributed by atoms with van der Waals surface area (Å²) in [6.07, 6.45) is -1.40.